The van der Waals surface area contributed by atoms with Crippen LogP contribution in [0.2, 0.25) is 0 Å². The largest absolute Gasteiger partial charge is 0.383 e. The molecule has 2 aromatic rings. The summed E-state index contributed by atoms with van der Waals surface area (Å²) in [6, 6.07) is 6.07. The number of hydrogen-bond acceptors (Lipinski definition) is 4. The van der Waals surface area contributed by atoms with Gasteiger partial charge in [0.15, 0.2) is 5.16 Å². The molecule has 0 fully saturated rings. The smallest absolute Gasteiger partial charge is 0.230 e. The molecule has 0 bridgehead atoms. The van der Waals surface area contributed by atoms with Crippen molar-refractivity contribution in [1.82, 2.24) is 15.3 Å². The van der Waals surface area contributed by atoms with Crippen molar-refractivity contribution in [1.29, 1.82) is 0 Å². The molecule has 1 aromatic carbocycles. The van der Waals surface area contributed by atoms with E-state index in [4.69, 9.17) is 4.74 Å². The molecule has 108 valence electrons. The number of carbonyl (C=O) groups is 1. The topological polar surface area (TPSA) is 67.0 Å². The van der Waals surface area contributed by atoms with Crippen LogP contribution < -0.4 is 5.32 Å². The van der Waals surface area contributed by atoms with E-state index in [9.17, 15) is 4.79 Å². The monoisotopic (exact) mass is 293 g/mol. The van der Waals surface area contributed by atoms with E-state index in [1.54, 1.807) is 7.11 Å². The Hall–Kier alpha value is -1.53. The van der Waals surface area contributed by atoms with Crippen molar-refractivity contribution < 1.29 is 9.53 Å². The van der Waals surface area contributed by atoms with E-state index < -0.39 is 0 Å². The maximum atomic E-state index is 11.7. The lowest BCUT2D eigenvalue weighted by Crippen LogP contribution is -2.36. The Morgan fingerprint density at radius 2 is 2.35 bits per heavy atom. The fraction of sp³-hybridized carbons (Fsp3) is 0.429. The zero-order chi connectivity index (χ0) is 14.5. The number of benzene rings is 1. The molecule has 5 nitrogen and oxygen atoms in total. The van der Waals surface area contributed by atoms with Crippen LogP contribution in [0.15, 0.2) is 23.4 Å². The van der Waals surface area contributed by atoms with Gasteiger partial charge in [-0.1, -0.05) is 17.8 Å². The van der Waals surface area contributed by atoms with Gasteiger partial charge in [0.2, 0.25) is 5.91 Å². The lowest BCUT2D eigenvalue weighted by molar-refractivity contribution is -0.119. The molecule has 1 aromatic heterocycles. The third-order valence-corrected chi connectivity index (χ3v) is 3.65. The second-order valence-electron chi connectivity index (χ2n) is 4.78. The summed E-state index contributed by atoms with van der Waals surface area (Å²) in [4.78, 5) is 19.4. The molecular weight excluding hydrogens is 274 g/mol. The van der Waals surface area contributed by atoms with Crippen molar-refractivity contribution >= 4 is 28.7 Å². The van der Waals surface area contributed by atoms with E-state index in [0.29, 0.717) is 12.4 Å². The molecule has 2 rings (SSSR count). The molecule has 0 aliphatic rings. The second kappa shape index (κ2) is 6.76. The molecule has 1 unspecified atom stereocenters. The molecule has 2 N–H and O–H groups in total. The molecule has 6 heteroatoms. The number of methoxy groups -OCH3 is 1. The van der Waals surface area contributed by atoms with Gasteiger partial charge in [0.05, 0.1) is 23.4 Å². The number of carbonyl (C=O) groups excluding carboxylic acids is 1. The van der Waals surface area contributed by atoms with Gasteiger partial charge in [-0.05, 0) is 31.5 Å². The lowest BCUT2D eigenvalue weighted by Gasteiger charge is -2.11. The second-order valence-corrected chi connectivity index (χ2v) is 5.74. The van der Waals surface area contributed by atoms with E-state index in [1.165, 1.54) is 17.3 Å². The number of nitrogens with zero attached hydrogens (tertiary/aromatic N) is 1. The van der Waals surface area contributed by atoms with Crippen LogP contribution in [-0.2, 0) is 9.53 Å². The highest BCUT2D eigenvalue weighted by molar-refractivity contribution is 7.99. The first-order valence-electron chi connectivity index (χ1n) is 6.46. The van der Waals surface area contributed by atoms with Crippen LogP contribution in [0.1, 0.15) is 12.5 Å². The molecule has 20 heavy (non-hydrogen) atoms. The number of amides is 1. The maximum absolute atomic E-state index is 11.7. The number of aryl methyl sites for hydroxylation is 1. The summed E-state index contributed by atoms with van der Waals surface area (Å²) in [5.74, 6) is 0.323. The summed E-state index contributed by atoms with van der Waals surface area (Å²) in [6.07, 6.45) is 0. The predicted molar refractivity (Wildman–Crippen MR) is 81.0 cm³/mol. The molecule has 0 saturated heterocycles. The number of H-pyrrole nitrogens is 1. The van der Waals surface area contributed by atoms with Crippen molar-refractivity contribution in [2.24, 2.45) is 0 Å². The van der Waals surface area contributed by atoms with Crippen LogP contribution in [0.5, 0.6) is 0 Å². The molecule has 0 spiro atoms. The Morgan fingerprint density at radius 1 is 1.55 bits per heavy atom. The summed E-state index contributed by atoms with van der Waals surface area (Å²) >= 11 is 1.40. The molecule has 0 radical (unpaired) electrons. The van der Waals surface area contributed by atoms with E-state index in [1.807, 2.05) is 32.0 Å². The van der Waals surface area contributed by atoms with Crippen LogP contribution >= 0.6 is 11.8 Å². The highest BCUT2D eigenvalue weighted by Gasteiger charge is 2.09. The van der Waals surface area contributed by atoms with Gasteiger partial charge < -0.3 is 15.0 Å². The van der Waals surface area contributed by atoms with Crippen molar-refractivity contribution in [3.05, 3.63) is 23.8 Å². The van der Waals surface area contributed by atoms with Crippen molar-refractivity contribution in [2.75, 3.05) is 19.5 Å². The van der Waals surface area contributed by atoms with Crippen molar-refractivity contribution in [2.45, 2.75) is 25.0 Å². The molecule has 0 aliphatic carbocycles. The summed E-state index contributed by atoms with van der Waals surface area (Å²) in [7, 11) is 1.62. The summed E-state index contributed by atoms with van der Waals surface area (Å²) < 4.78 is 4.98. The van der Waals surface area contributed by atoms with Crippen molar-refractivity contribution in [3.8, 4) is 0 Å². The number of nitrogens with one attached hydrogen (secondary N) is 2. The number of fused-ring (bicyclic) bond motifs is 1. The van der Waals surface area contributed by atoms with E-state index in [2.05, 4.69) is 15.3 Å². The average molecular weight is 293 g/mol. The lowest BCUT2D eigenvalue weighted by atomic mass is 10.2. The van der Waals surface area contributed by atoms with Gasteiger partial charge in [-0.2, -0.15) is 0 Å². The number of hydrogen-bond donors (Lipinski definition) is 2. The standard InChI is InChI=1S/C14H19N3O2S/c1-9-4-5-11-12(6-9)17-14(16-11)20-8-13(18)15-10(2)7-19-3/h4-6,10H,7-8H2,1-3H3,(H,15,18)(H,16,17). The quantitative estimate of drug-likeness (QED) is 0.801. The van der Waals surface area contributed by atoms with Crippen molar-refractivity contribution in [3.63, 3.8) is 0 Å². The van der Waals surface area contributed by atoms with Gasteiger partial charge in [-0.25, -0.2) is 4.98 Å². The highest BCUT2D eigenvalue weighted by Crippen LogP contribution is 2.20. The number of thioether (sulfide) groups is 1. The minimum absolute atomic E-state index is 0.0174. The van der Waals surface area contributed by atoms with Crippen LogP contribution in [0.25, 0.3) is 11.0 Å². The Balaban J connectivity index is 1.90. The van der Waals surface area contributed by atoms with E-state index in [-0.39, 0.29) is 11.9 Å². The number of aromatic nitrogens is 2. The van der Waals surface area contributed by atoms with Crippen LogP contribution in [0.3, 0.4) is 0 Å². The van der Waals surface area contributed by atoms with Gasteiger partial charge in [-0.15, -0.1) is 0 Å². The Bertz CT molecular complexity index is 597. The van der Waals surface area contributed by atoms with Gasteiger partial charge in [0, 0.05) is 13.2 Å². The molecule has 0 aliphatic heterocycles. The van der Waals surface area contributed by atoms with Gasteiger partial charge in [0.1, 0.15) is 0 Å². The van der Waals surface area contributed by atoms with Gasteiger partial charge >= 0.3 is 0 Å². The van der Waals surface area contributed by atoms with Crippen LogP contribution in [-0.4, -0.2) is 41.4 Å². The first-order chi connectivity index (χ1) is 9.58. The first-order valence-corrected chi connectivity index (χ1v) is 7.44. The zero-order valence-corrected chi connectivity index (χ0v) is 12.7. The van der Waals surface area contributed by atoms with Crippen LogP contribution in [0.4, 0.5) is 0 Å². The minimum atomic E-state index is -0.0174. The highest BCUT2D eigenvalue weighted by atomic mass is 32.2. The Kier molecular flexibility index (Phi) is 5.03. The summed E-state index contributed by atoms with van der Waals surface area (Å²) in [5, 5.41) is 3.63. The zero-order valence-electron chi connectivity index (χ0n) is 11.9. The number of aromatic amines is 1. The molecular formula is C14H19N3O2S. The first kappa shape index (κ1) is 14.9. The predicted octanol–water partition coefficient (Wildman–Crippen LogP) is 2.11. The fourth-order valence-electron chi connectivity index (χ4n) is 1.91. The molecule has 1 atom stereocenters. The SMILES string of the molecule is COCC(C)NC(=O)CSc1nc2ccc(C)cc2[nH]1. The third-order valence-electron chi connectivity index (χ3n) is 2.78. The molecule has 1 heterocycles. The summed E-state index contributed by atoms with van der Waals surface area (Å²) in [6.45, 7) is 4.47. The minimum Gasteiger partial charge on any atom is -0.383 e. The summed E-state index contributed by atoms with van der Waals surface area (Å²) in [5.41, 5.74) is 3.11. The number of rotatable bonds is 6. The number of ether oxygens (including phenoxy) is 1. The van der Waals surface area contributed by atoms with Gasteiger partial charge in [0.25, 0.3) is 0 Å². The van der Waals surface area contributed by atoms with E-state index >= 15 is 0 Å². The molecule has 1 amide bonds. The maximum Gasteiger partial charge on any atom is 0.230 e. The van der Waals surface area contributed by atoms with Gasteiger partial charge in [-0.3, -0.25) is 4.79 Å². The normalized spacial score (nSPS) is 12.6. The Morgan fingerprint density at radius 3 is 3.10 bits per heavy atom. The average Bonchev–Trinajstić information content (AvgIpc) is 2.78. The Labute approximate surface area is 122 Å². The molecule has 0 saturated carbocycles. The third kappa shape index (κ3) is 3.98. The number of imidazole rings is 1. The van der Waals surface area contributed by atoms with Crippen LogP contribution in [0, 0.1) is 6.92 Å². The fourth-order valence-corrected chi connectivity index (χ4v) is 2.61. The van der Waals surface area contributed by atoms with E-state index in [0.717, 1.165) is 16.2 Å².